The van der Waals surface area contributed by atoms with E-state index in [0.717, 1.165) is 6.42 Å². The molecule has 0 saturated carbocycles. The fraction of sp³-hybridized carbons (Fsp3) is 0.500. The molecule has 1 aromatic rings. The number of benzene rings is 1. The average molecular weight is 236 g/mol. The number of phenols is 1. The van der Waals surface area contributed by atoms with Crippen LogP contribution in [0.4, 0.5) is 0 Å². The second kappa shape index (κ2) is 5.21. The molecule has 0 spiro atoms. The Bertz CT molecular complexity index is 391. The summed E-state index contributed by atoms with van der Waals surface area (Å²) in [6.07, 6.45) is 0.749. The molecule has 0 radical (unpaired) electrons. The van der Waals surface area contributed by atoms with Crippen molar-refractivity contribution in [3.63, 3.8) is 0 Å². The van der Waals surface area contributed by atoms with E-state index in [1.54, 1.807) is 18.2 Å². The first-order valence-electron chi connectivity index (χ1n) is 5.79. The van der Waals surface area contributed by atoms with Gasteiger partial charge in [0.15, 0.2) is 11.5 Å². The molecule has 0 bridgehead atoms. The molecule has 0 fully saturated rings. The zero-order valence-electron chi connectivity index (χ0n) is 10.9. The lowest BCUT2D eigenvalue weighted by molar-refractivity contribution is -0.139. The third-order valence-corrected chi connectivity index (χ3v) is 2.40. The van der Waals surface area contributed by atoms with Gasteiger partial charge in [-0.1, -0.05) is 39.8 Å². The highest BCUT2D eigenvalue weighted by molar-refractivity contribution is 5.75. The number of aromatic hydroxyl groups is 1. The van der Waals surface area contributed by atoms with Crippen LogP contribution in [0.2, 0.25) is 0 Å². The highest BCUT2D eigenvalue weighted by Crippen LogP contribution is 2.28. The molecule has 94 valence electrons. The molecule has 0 aliphatic carbocycles. The molecule has 0 aromatic heterocycles. The maximum absolute atomic E-state index is 11.8. The summed E-state index contributed by atoms with van der Waals surface area (Å²) in [7, 11) is 0. The molecule has 0 amide bonds. The summed E-state index contributed by atoms with van der Waals surface area (Å²) >= 11 is 0. The Morgan fingerprint density at radius 3 is 2.47 bits per heavy atom. The van der Waals surface area contributed by atoms with Crippen molar-refractivity contribution in [2.75, 3.05) is 0 Å². The number of rotatable bonds is 3. The van der Waals surface area contributed by atoms with E-state index in [-0.39, 0.29) is 28.8 Å². The van der Waals surface area contributed by atoms with Crippen LogP contribution in [0.5, 0.6) is 11.5 Å². The van der Waals surface area contributed by atoms with Crippen LogP contribution in [0.15, 0.2) is 24.3 Å². The van der Waals surface area contributed by atoms with Crippen molar-refractivity contribution < 1.29 is 14.6 Å². The standard InChI is InChI=1S/C14H20O3/c1-10(9-14(2,3)4)13(16)17-12-8-6-5-7-11(12)15/h5-8,10,15H,9H2,1-4H3. The quantitative estimate of drug-likeness (QED) is 0.646. The molecule has 17 heavy (non-hydrogen) atoms. The Balaban J connectivity index is 2.64. The molecule has 1 unspecified atom stereocenters. The Kier molecular flexibility index (Phi) is 4.16. The van der Waals surface area contributed by atoms with Crippen LogP contribution < -0.4 is 4.74 Å². The summed E-state index contributed by atoms with van der Waals surface area (Å²) in [4.78, 5) is 11.8. The first-order chi connectivity index (χ1) is 7.79. The molecule has 0 aliphatic heterocycles. The van der Waals surface area contributed by atoms with Crippen LogP contribution in [0.1, 0.15) is 34.1 Å². The van der Waals surface area contributed by atoms with Crippen molar-refractivity contribution in [3.05, 3.63) is 24.3 Å². The molecule has 0 saturated heterocycles. The monoisotopic (exact) mass is 236 g/mol. The first kappa shape index (κ1) is 13.6. The van der Waals surface area contributed by atoms with Gasteiger partial charge in [-0.15, -0.1) is 0 Å². The Hall–Kier alpha value is -1.51. The molecular weight excluding hydrogens is 216 g/mol. The van der Waals surface area contributed by atoms with E-state index < -0.39 is 0 Å². The molecule has 1 N–H and O–H groups in total. The van der Waals surface area contributed by atoms with Crippen LogP contribution in [-0.4, -0.2) is 11.1 Å². The molecule has 1 aromatic carbocycles. The van der Waals surface area contributed by atoms with Gasteiger partial charge in [-0.05, 0) is 24.0 Å². The van der Waals surface area contributed by atoms with Gasteiger partial charge >= 0.3 is 5.97 Å². The van der Waals surface area contributed by atoms with Crippen molar-refractivity contribution >= 4 is 5.97 Å². The van der Waals surface area contributed by atoms with Crippen LogP contribution in [0.3, 0.4) is 0 Å². The van der Waals surface area contributed by atoms with Gasteiger partial charge in [-0.3, -0.25) is 4.79 Å². The molecular formula is C14H20O3. The summed E-state index contributed by atoms with van der Waals surface area (Å²) < 4.78 is 5.16. The molecule has 1 atom stereocenters. The lowest BCUT2D eigenvalue weighted by Gasteiger charge is -2.22. The zero-order chi connectivity index (χ0) is 13.1. The average Bonchev–Trinajstić information content (AvgIpc) is 2.18. The topological polar surface area (TPSA) is 46.5 Å². The van der Waals surface area contributed by atoms with Crippen LogP contribution in [0.25, 0.3) is 0 Å². The normalized spacial score (nSPS) is 13.2. The Morgan fingerprint density at radius 1 is 1.35 bits per heavy atom. The van der Waals surface area contributed by atoms with E-state index in [1.807, 2.05) is 6.92 Å². The second-order valence-electron chi connectivity index (χ2n) is 5.55. The zero-order valence-corrected chi connectivity index (χ0v) is 10.9. The predicted molar refractivity (Wildman–Crippen MR) is 67.0 cm³/mol. The van der Waals surface area contributed by atoms with Crippen molar-refractivity contribution in [1.82, 2.24) is 0 Å². The van der Waals surface area contributed by atoms with Gasteiger partial charge in [0.05, 0.1) is 5.92 Å². The van der Waals surface area contributed by atoms with Gasteiger partial charge < -0.3 is 9.84 Å². The maximum atomic E-state index is 11.8. The van der Waals surface area contributed by atoms with Gasteiger partial charge in [0.2, 0.25) is 0 Å². The molecule has 3 nitrogen and oxygen atoms in total. The number of carbonyl (C=O) groups excluding carboxylic acids is 1. The van der Waals surface area contributed by atoms with Gasteiger partial charge in [0.25, 0.3) is 0 Å². The highest BCUT2D eigenvalue weighted by atomic mass is 16.5. The van der Waals surface area contributed by atoms with Crippen LogP contribution in [-0.2, 0) is 4.79 Å². The van der Waals surface area contributed by atoms with Gasteiger partial charge in [0.1, 0.15) is 0 Å². The lowest BCUT2D eigenvalue weighted by Crippen LogP contribution is -2.22. The number of esters is 1. The van der Waals surface area contributed by atoms with E-state index >= 15 is 0 Å². The Morgan fingerprint density at radius 2 is 1.94 bits per heavy atom. The van der Waals surface area contributed by atoms with Crippen molar-refractivity contribution in [2.24, 2.45) is 11.3 Å². The highest BCUT2D eigenvalue weighted by Gasteiger charge is 2.23. The fourth-order valence-corrected chi connectivity index (χ4v) is 1.75. The third kappa shape index (κ3) is 4.47. The van der Waals surface area contributed by atoms with Crippen LogP contribution >= 0.6 is 0 Å². The number of carbonyl (C=O) groups is 1. The van der Waals surface area contributed by atoms with E-state index in [0.29, 0.717) is 0 Å². The van der Waals surface area contributed by atoms with Gasteiger partial charge in [-0.25, -0.2) is 0 Å². The minimum absolute atomic E-state index is 0.0104. The van der Waals surface area contributed by atoms with Crippen LogP contribution in [0, 0.1) is 11.3 Å². The smallest absolute Gasteiger partial charge is 0.314 e. The third-order valence-electron chi connectivity index (χ3n) is 2.40. The van der Waals surface area contributed by atoms with Crippen molar-refractivity contribution in [2.45, 2.75) is 34.1 Å². The molecule has 0 aliphatic rings. The predicted octanol–water partition coefficient (Wildman–Crippen LogP) is 3.37. The number of ether oxygens (including phenoxy) is 1. The van der Waals surface area contributed by atoms with E-state index in [4.69, 9.17) is 4.74 Å². The van der Waals surface area contributed by atoms with E-state index in [9.17, 15) is 9.90 Å². The second-order valence-corrected chi connectivity index (χ2v) is 5.55. The van der Waals surface area contributed by atoms with Crippen molar-refractivity contribution in [3.8, 4) is 11.5 Å². The van der Waals surface area contributed by atoms with E-state index in [1.165, 1.54) is 6.07 Å². The Labute approximate surface area is 102 Å². The van der Waals surface area contributed by atoms with Crippen molar-refractivity contribution in [1.29, 1.82) is 0 Å². The van der Waals surface area contributed by atoms with Gasteiger partial charge in [-0.2, -0.15) is 0 Å². The summed E-state index contributed by atoms with van der Waals surface area (Å²) in [5.41, 5.74) is 0.0805. The minimum Gasteiger partial charge on any atom is -0.504 e. The molecule has 3 heteroatoms. The summed E-state index contributed by atoms with van der Waals surface area (Å²) in [5, 5.41) is 9.50. The molecule has 1 rings (SSSR count). The first-order valence-corrected chi connectivity index (χ1v) is 5.79. The number of phenolic OH excluding ortho intramolecular Hbond substituents is 1. The maximum Gasteiger partial charge on any atom is 0.314 e. The summed E-state index contributed by atoms with van der Waals surface area (Å²) in [6, 6.07) is 6.48. The lowest BCUT2D eigenvalue weighted by atomic mass is 9.85. The SMILES string of the molecule is CC(CC(C)(C)C)C(=O)Oc1ccccc1O. The largest absolute Gasteiger partial charge is 0.504 e. The number of para-hydroxylation sites is 2. The van der Waals surface area contributed by atoms with E-state index in [2.05, 4.69) is 20.8 Å². The fourth-order valence-electron chi connectivity index (χ4n) is 1.75. The number of hydrogen-bond donors (Lipinski definition) is 1. The number of hydrogen-bond acceptors (Lipinski definition) is 3. The molecule has 0 heterocycles. The van der Waals surface area contributed by atoms with Gasteiger partial charge in [0, 0.05) is 0 Å². The summed E-state index contributed by atoms with van der Waals surface area (Å²) in [5.74, 6) is -0.280. The summed E-state index contributed by atoms with van der Waals surface area (Å²) in [6.45, 7) is 8.08. The minimum atomic E-state index is -0.304.